The van der Waals surface area contributed by atoms with Crippen LogP contribution in [0.4, 0.5) is 8.78 Å². The molecule has 0 aliphatic heterocycles. The van der Waals surface area contributed by atoms with E-state index in [-0.39, 0.29) is 0 Å². The molecule has 1 unspecified atom stereocenters. The topological polar surface area (TPSA) is 46.5 Å². The molecule has 1 rings (SSSR count). The van der Waals surface area contributed by atoms with E-state index in [2.05, 4.69) is 4.99 Å². The number of aliphatic imine (C=N–C) groups is 1. The number of rotatable bonds is 1. The molecule has 0 spiro atoms. The van der Waals surface area contributed by atoms with E-state index in [4.69, 9.17) is 0 Å². The smallest absolute Gasteiger partial charge is 0.271 e. The van der Waals surface area contributed by atoms with Crippen molar-refractivity contribution in [3.63, 3.8) is 0 Å². The van der Waals surface area contributed by atoms with Gasteiger partial charge in [0.15, 0.2) is 0 Å². The van der Waals surface area contributed by atoms with Gasteiger partial charge in [-0.15, -0.1) is 4.99 Å². The SMILES string of the molecule is O=C=NC(=O)C1C=CC=CC1(F)F. The van der Waals surface area contributed by atoms with E-state index in [1.165, 1.54) is 6.08 Å². The summed E-state index contributed by atoms with van der Waals surface area (Å²) < 4.78 is 25.8. The lowest BCUT2D eigenvalue weighted by Crippen LogP contribution is -2.31. The maximum Gasteiger partial charge on any atom is 0.281 e. The first-order chi connectivity index (χ1) is 6.08. The summed E-state index contributed by atoms with van der Waals surface area (Å²) in [5.41, 5.74) is 0. The lowest BCUT2D eigenvalue weighted by molar-refractivity contribution is -0.127. The van der Waals surface area contributed by atoms with Gasteiger partial charge in [0.25, 0.3) is 11.8 Å². The molecule has 0 saturated carbocycles. The second-order valence-electron chi connectivity index (χ2n) is 2.44. The number of halogens is 2. The molecule has 1 atom stereocenters. The zero-order valence-electron chi connectivity index (χ0n) is 6.41. The molecule has 0 radical (unpaired) electrons. The normalized spacial score (nSPS) is 23.7. The molecule has 0 saturated heterocycles. The molecule has 3 nitrogen and oxygen atoms in total. The van der Waals surface area contributed by atoms with Gasteiger partial charge in [0.2, 0.25) is 6.08 Å². The standard InChI is InChI=1S/C8H5F2NO2/c9-8(10)4-2-1-3-6(8)7(13)11-5-12/h1-4,6H. The van der Waals surface area contributed by atoms with Crippen molar-refractivity contribution in [3.8, 4) is 0 Å². The van der Waals surface area contributed by atoms with E-state index in [9.17, 15) is 18.4 Å². The second-order valence-corrected chi connectivity index (χ2v) is 2.44. The van der Waals surface area contributed by atoms with Gasteiger partial charge in [0.05, 0.1) is 0 Å². The van der Waals surface area contributed by atoms with Crippen LogP contribution in [0.3, 0.4) is 0 Å². The minimum atomic E-state index is -3.27. The minimum Gasteiger partial charge on any atom is -0.271 e. The first kappa shape index (κ1) is 9.48. The summed E-state index contributed by atoms with van der Waals surface area (Å²) in [6.07, 6.45) is 4.97. The number of hydrogen-bond donors (Lipinski definition) is 0. The maximum atomic E-state index is 12.9. The van der Waals surface area contributed by atoms with Crippen LogP contribution in [-0.2, 0) is 9.59 Å². The van der Waals surface area contributed by atoms with Crippen LogP contribution in [0.1, 0.15) is 0 Å². The van der Waals surface area contributed by atoms with Crippen LogP contribution in [0, 0.1) is 5.92 Å². The van der Waals surface area contributed by atoms with E-state index in [0.29, 0.717) is 6.08 Å². The summed E-state index contributed by atoms with van der Waals surface area (Å²) >= 11 is 0. The van der Waals surface area contributed by atoms with Gasteiger partial charge < -0.3 is 0 Å². The van der Waals surface area contributed by atoms with E-state index in [1.807, 2.05) is 0 Å². The fourth-order valence-electron chi connectivity index (χ4n) is 0.953. The van der Waals surface area contributed by atoms with Gasteiger partial charge in [-0.05, 0) is 6.08 Å². The number of hydrogen-bond acceptors (Lipinski definition) is 2. The quantitative estimate of drug-likeness (QED) is 0.455. The summed E-state index contributed by atoms with van der Waals surface area (Å²) in [5, 5.41) is 0. The summed E-state index contributed by atoms with van der Waals surface area (Å²) in [6.45, 7) is 0. The fourth-order valence-corrected chi connectivity index (χ4v) is 0.953. The molecule has 1 aliphatic carbocycles. The summed E-state index contributed by atoms with van der Waals surface area (Å²) in [5.74, 6) is -6.13. The lowest BCUT2D eigenvalue weighted by Gasteiger charge is -2.19. The molecule has 1 aliphatic rings. The van der Waals surface area contributed by atoms with Crippen LogP contribution in [0.15, 0.2) is 29.3 Å². The number of isocyanates is 1. The zero-order chi connectivity index (χ0) is 9.90. The number of carbonyl (C=O) groups is 1. The van der Waals surface area contributed by atoms with Crippen LogP contribution < -0.4 is 0 Å². The Labute approximate surface area is 72.5 Å². The van der Waals surface area contributed by atoms with Crippen LogP contribution in [-0.4, -0.2) is 17.9 Å². The highest BCUT2D eigenvalue weighted by Crippen LogP contribution is 2.30. The Bertz CT molecular complexity index is 327. The number of allylic oxidation sites excluding steroid dienone is 3. The predicted octanol–water partition coefficient (Wildman–Crippen LogP) is 1.23. The third-order valence-corrected chi connectivity index (χ3v) is 1.57. The number of nitrogens with zero attached hydrogens (tertiary/aromatic N) is 1. The molecule has 68 valence electrons. The first-order valence-corrected chi connectivity index (χ1v) is 3.43. The van der Waals surface area contributed by atoms with Crippen molar-refractivity contribution in [2.75, 3.05) is 0 Å². The van der Waals surface area contributed by atoms with Crippen molar-refractivity contribution in [1.29, 1.82) is 0 Å². The molecular formula is C8H5F2NO2. The summed E-state index contributed by atoms with van der Waals surface area (Å²) in [4.78, 5) is 23.1. The van der Waals surface area contributed by atoms with E-state index < -0.39 is 17.7 Å². The molecule has 0 aromatic carbocycles. The van der Waals surface area contributed by atoms with Gasteiger partial charge in [-0.25, -0.2) is 13.6 Å². The van der Waals surface area contributed by atoms with Crippen LogP contribution >= 0.6 is 0 Å². The number of alkyl halides is 2. The number of carbonyl (C=O) groups excluding carboxylic acids is 2. The average molecular weight is 185 g/mol. The summed E-state index contributed by atoms with van der Waals surface area (Å²) in [6, 6.07) is 0. The van der Waals surface area contributed by atoms with E-state index >= 15 is 0 Å². The monoisotopic (exact) mass is 185 g/mol. The Morgan fingerprint density at radius 1 is 1.46 bits per heavy atom. The van der Waals surface area contributed by atoms with Crippen molar-refractivity contribution in [3.05, 3.63) is 24.3 Å². The van der Waals surface area contributed by atoms with E-state index in [1.54, 1.807) is 0 Å². The first-order valence-electron chi connectivity index (χ1n) is 3.43. The largest absolute Gasteiger partial charge is 0.281 e. The van der Waals surface area contributed by atoms with Crippen molar-refractivity contribution in [1.82, 2.24) is 0 Å². The van der Waals surface area contributed by atoms with Crippen molar-refractivity contribution < 1.29 is 18.4 Å². The predicted molar refractivity (Wildman–Crippen MR) is 39.8 cm³/mol. The third kappa shape index (κ3) is 1.95. The average Bonchev–Trinajstić information content (AvgIpc) is 2.03. The van der Waals surface area contributed by atoms with Crippen molar-refractivity contribution in [2.45, 2.75) is 5.92 Å². The van der Waals surface area contributed by atoms with Gasteiger partial charge in [-0.3, -0.25) is 4.79 Å². The highest BCUT2D eigenvalue weighted by atomic mass is 19.3. The van der Waals surface area contributed by atoms with Gasteiger partial charge in [0.1, 0.15) is 5.92 Å². The molecule has 0 aromatic rings. The van der Waals surface area contributed by atoms with Gasteiger partial charge in [-0.2, -0.15) is 0 Å². The molecular weight excluding hydrogens is 180 g/mol. The van der Waals surface area contributed by atoms with Gasteiger partial charge in [-0.1, -0.05) is 18.2 Å². The molecule has 0 N–H and O–H groups in total. The van der Waals surface area contributed by atoms with Gasteiger partial charge in [0, 0.05) is 0 Å². The Hall–Kier alpha value is -1.61. The third-order valence-electron chi connectivity index (χ3n) is 1.57. The molecule has 0 bridgehead atoms. The minimum absolute atomic E-state index is 0.593. The highest BCUT2D eigenvalue weighted by molar-refractivity contribution is 5.86. The second kappa shape index (κ2) is 3.41. The summed E-state index contributed by atoms with van der Waals surface area (Å²) in [7, 11) is 0. The van der Waals surface area contributed by atoms with E-state index in [0.717, 1.165) is 18.2 Å². The Morgan fingerprint density at radius 2 is 2.15 bits per heavy atom. The number of amides is 1. The Kier molecular flexibility index (Phi) is 2.49. The molecule has 0 aromatic heterocycles. The molecule has 5 heteroatoms. The van der Waals surface area contributed by atoms with Crippen LogP contribution in [0.25, 0.3) is 0 Å². The molecule has 0 fully saturated rings. The van der Waals surface area contributed by atoms with Gasteiger partial charge >= 0.3 is 0 Å². The van der Waals surface area contributed by atoms with Crippen molar-refractivity contribution >= 4 is 12.0 Å². The van der Waals surface area contributed by atoms with Crippen LogP contribution in [0.2, 0.25) is 0 Å². The Morgan fingerprint density at radius 3 is 2.69 bits per heavy atom. The lowest BCUT2D eigenvalue weighted by atomic mass is 9.96. The molecule has 1 amide bonds. The van der Waals surface area contributed by atoms with Crippen LogP contribution in [0.5, 0.6) is 0 Å². The fraction of sp³-hybridized carbons (Fsp3) is 0.250. The maximum absolute atomic E-state index is 12.9. The molecule has 13 heavy (non-hydrogen) atoms. The highest BCUT2D eigenvalue weighted by Gasteiger charge is 2.41. The zero-order valence-corrected chi connectivity index (χ0v) is 6.41. The Balaban J connectivity index is 2.92. The van der Waals surface area contributed by atoms with Crippen molar-refractivity contribution in [2.24, 2.45) is 10.9 Å². The molecule has 0 heterocycles.